The monoisotopic (exact) mass is 343 g/mol. The van der Waals surface area contributed by atoms with E-state index in [9.17, 15) is 4.79 Å². The number of likely N-dealkylation sites (N-methyl/N-ethyl adjacent to an activating group) is 2. The first-order valence-electron chi connectivity index (χ1n) is 8.98. The largest absolute Gasteiger partial charge is 0.322 e. The summed E-state index contributed by atoms with van der Waals surface area (Å²) in [6, 6.07) is 9.48. The number of rotatable bonds is 7. The van der Waals surface area contributed by atoms with Crippen molar-refractivity contribution in [2.75, 3.05) is 52.1 Å². The zero-order valence-corrected chi connectivity index (χ0v) is 15.5. The standard InChI is InChI=1S/C19H29N5O/c1-4-23-10-6-9-18(23)15-24(12-11-22(2)3)19(25)21-17-8-5-7-16(13-17)14-20/h5,7-8,13,18H,4,6,9-12,15H2,1-3H3,(H,21,25)/t18-/m0/s1. The summed E-state index contributed by atoms with van der Waals surface area (Å²) >= 11 is 0. The second-order valence-corrected chi connectivity index (χ2v) is 6.80. The lowest BCUT2D eigenvalue weighted by molar-refractivity contribution is 0.172. The number of nitrogens with zero attached hydrogens (tertiary/aromatic N) is 4. The molecule has 6 nitrogen and oxygen atoms in total. The lowest BCUT2D eigenvalue weighted by atomic mass is 10.2. The highest BCUT2D eigenvalue weighted by molar-refractivity contribution is 5.89. The SMILES string of the molecule is CCN1CCC[C@H]1CN(CCN(C)C)C(=O)Nc1cccc(C#N)c1. The van der Waals surface area contributed by atoms with Crippen molar-refractivity contribution in [1.29, 1.82) is 5.26 Å². The van der Waals surface area contributed by atoms with Crippen molar-refractivity contribution in [3.8, 4) is 6.07 Å². The molecule has 136 valence electrons. The average Bonchev–Trinajstić information content (AvgIpc) is 3.05. The number of likely N-dealkylation sites (tertiary alicyclic amines) is 1. The van der Waals surface area contributed by atoms with Gasteiger partial charge in [-0.25, -0.2) is 4.79 Å². The van der Waals surface area contributed by atoms with Crippen molar-refractivity contribution in [3.63, 3.8) is 0 Å². The van der Waals surface area contributed by atoms with Crippen LogP contribution in [0.25, 0.3) is 0 Å². The van der Waals surface area contributed by atoms with Crippen molar-refractivity contribution in [1.82, 2.24) is 14.7 Å². The summed E-state index contributed by atoms with van der Waals surface area (Å²) in [6.07, 6.45) is 2.34. The zero-order valence-electron chi connectivity index (χ0n) is 15.5. The molecule has 2 rings (SSSR count). The van der Waals surface area contributed by atoms with Crippen molar-refractivity contribution in [3.05, 3.63) is 29.8 Å². The molecule has 0 aliphatic carbocycles. The highest BCUT2D eigenvalue weighted by atomic mass is 16.2. The second kappa shape index (κ2) is 9.40. The Hall–Kier alpha value is -2.10. The number of carbonyl (C=O) groups excluding carboxylic acids is 1. The third kappa shape index (κ3) is 5.73. The number of benzene rings is 1. The third-order valence-corrected chi connectivity index (χ3v) is 4.68. The summed E-state index contributed by atoms with van der Waals surface area (Å²) in [6.45, 7) is 6.57. The van der Waals surface area contributed by atoms with Crippen molar-refractivity contribution < 1.29 is 4.79 Å². The van der Waals surface area contributed by atoms with E-state index in [1.165, 1.54) is 6.42 Å². The van der Waals surface area contributed by atoms with E-state index >= 15 is 0 Å². The summed E-state index contributed by atoms with van der Waals surface area (Å²) in [4.78, 5) is 19.2. The third-order valence-electron chi connectivity index (χ3n) is 4.68. The van der Waals surface area contributed by atoms with E-state index in [1.54, 1.807) is 18.2 Å². The van der Waals surface area contributed by atoms with Crippen LogP contribution in [0, 0.1) is 11.3 Å². The van der Waals surface area contributed by atoms with E-state index in [2.05, 4.69) is 28.1 Å². The average molecular weight is 343 g/mol. The number of carbonyl (C=O) groups is 1. The van der Waals surface area contributed by atoms with Gasteiger partial charge in [-0.3, -0.25) is 4.90 Å². The summed E-state index contributed by atoms with van der Waals surface area (Å²) < 4.78 is 0. The molecule has 1 heterocycles. The molecule has 1 saturated heterocycles. The summed E-state index contributed by atoms with van der Waals surface area (Å²) in [7, 11) is 4.03. The molecule has 1 N–H and O–H groups in total. The molecule has 1 fully saturated rings. The molecular weight excluding hydrogens is 314 g/mol. The van der Waals surface area contributed by atoms with Gasteiger partial charge in [0.05, 0.1) is 11.6 Å². The Bertz CT molecular complexity index is 610. The fraction of sp³-hybridized carbons (Fsp3) is 0.579. The number of amides is 2. The van der Waals surface area contributed by atoms with Gasteiger partial charge in [0, 0.05) is 31.4 Å². The first-order valence-corrected chi connectivity index (χ1v) is 8.98. The number of urea groups is 1. The molecule has 1 aliphatic heterocycles. The Kier molecular flexibility index (Phi) is 7.23. The minimum Gasteiger partial charge on any atom is -0.322 e. The lowest BCUT2D eigenvalue weighted by Gasteiger charge is -2.31. The highest BCUT2D eigenvalue weighted by Gasteiger charge is 2.27. The van der Waals surface area contributed by atoms with E-state index in [1.807, 2.05) is 25.1 Å². The van der Waals surface area contributed by atoms with Crippen LogP contribution in [-0.2, 0) is 0 Å². The Balaban J connectivity index is 2.05. The summed E-state index contributed by atoms with van der Waals surface area (Å²) in [5.74, 6) is 0. The first-order chi connectivity index (χ1) is 12.0. The van der Waals surface area contributed by atoms with E-state index < -0.39 is 0 Å². The number of hydrogen-bond donors (Lipinski definition) is 1. The normalized spacial score (nSPS) is 17.5. The molecule has 0 unspecified atom stereocenters. The van der Waals surface area contributed by atoms with Gasteiger partial charge in [-0.05, 0) is 58.2 Å². The number of nitriles is 1. The Morgan fingerprint density at radius 3 is 2.88 bits per heavy atom. The molecule has 1 aromatic carbocycles. The Morgan fingerprint density at radius 2 is 2.20 bits per heavy atom. The Labute approximate surface area is 151 Å². The van der Waals surface area contributed by atoms with Gasteiger partial charge in [0.15, 0.2) is 0 Å². The van der Waals surface area contributed by atoms with Crippen LogP contribution in [0.2, 0.25) is 0 Å². The van der Waals surface area contributed by atoms with Crippen LogP contribution in [0.1, 0.15) is 25.3 Å². The van der Waals surface area contributed by atoms with Gasteiger partial charge >= 0.3 is 6.03 Å². The van der Waals surface area contributed by atoms with Crippen LogP contribution >= 0.6 is 0 Å². The van der Waals surface area contributed by atoms with Crippen LogP contribution in [0.15, 0.2) is 24.3 Å². The molecule has 0 bridgehead atoms. The van der Waals surface area contributed by atoms with Crippen LogP contribution < -0.4 is 5.32 Å². The van der Waals surface area contributed by atoms with Gasteiger partial charge in [-0.1, -0.05) is 13.0 Å². The van der Waals surface area contributed by atoms with Crippen molar-refractivity contribution in [2.45, 2.75) is 25.8 Å². The van der Waals surface area contributed by atoms with E-state index in [0.29, 0.717) is 23.8 Å². The summed E-state index contributed by atoms with van der Waals surface area (Å²) in [5.41, 5.74) is 1.21. The number of hydrogen-bond acceptors (Lipinski definition) is 4. The molecule has 1 atom stereocenters. The maximum atomic E-state index is 12.8. The van der Waals surface area contributed by atoms with E-state index in [-0.39, 0.29) is 6.03 Å². The van der Waals surface area contributed by atoms with Gasteiger partial charge in [-0.2, -0.15) is 5.26 Å². The Morgan fingerprint density at radius 1 is 1.40 bits per heavy atom. The van der Waals surface area contributed by atoms with Crippen LogP contribution in [0.3, 0.4) is 0 Å². The topological polar surface area (TPSA) is 62.6 Å². The number of nitrogens with one attached hydrogen (secondary N) is 1. The molecular formula is C19H29N5O. The number of anilines is 1. The van der Waals surface area contributed by atoms with Gasteiger partial charge < -0.3 is 15.1 Å². The molecule has 0 spiro atoms. The molecule has 0 saturated carbocycles. The zero-order chi connectivity index (χ0) is 18.2. The van der Waals surface area contributed by atoms with Gasteiger partial charge in [0.1, 0.15) is 0 Å². The van der Waals surface area contributed by atoms with E-state index in [0.717, 1.165) is 32.6 Å². The molecule has 1 aromatic rings. The van der Waals surface area contributed by atoms with Crippen LogP contribution in [0.5, 0.6) is 0 Å². The van der Waals surface area contributed by atoms with Crippen LogP contribution in [-0.4, -0.2) is 73.6 Å². The molecule has 2 amide bonds. The molecule has 25 heavy (non-hydrogen) atoms. The smallest absolute Gasteiger partial charge is 0.321 e. The summed E-state index contributed by atoms with van der Waals surface area (Å²) in [5, 5.41) is 12.0. The van der Waals surface area contributed by atoms with Gasteiger partial charge in [0.2, 0.25) is 0 Å². The van der Waals surface area contributed by atoms with Crippen LogP contribution in [0.4, 0.5) is 10.5 Å². The predicted octanol–water partition coefficient (Wildman–Crippen LogP) is 2.44. The fourth-order valence-corrected chi connectivity index (χ4v) is 3.24. The second-order valence-electron chi connectivity index (χ2n) is 6.80. The van der Waals surface area contributed by atoms with Crippen molar-refractivity contribution >= 4 is 11.7 Å². The predicted molar refractivity (Wildman–Crippen MR) is 101 cm³/mol. The fourth-order valence-electron chi connectivity index (χ4n) is 3.24. The van der Waals surface area contributed by atoms with Gasteiger partial charge in [0.25, 0.3) is 0 Å². The molecule has 0 radical (unpaired) electrons. The first kappa shape index (κ1) is 19.2. The maximum absolute atomic E-state index is 12.8. The minimum atomic E-state index is -0.0973. The quantitative estimate of drug-likeness (QED) is 0.826. The van der Waals surface area contributed by atoms with Crippen molar-refractivity contribution in [2.24, 2.45) is 0 Å². The minimum absolute atomic E-state index is 0.0973. The molecule has 0 aromatic heterocycles. The van der Waals surface area contributed by atoms with E-state index in [4.69, 9.17) is 5.26 Å². The maximum Gasteiger partial charge on any atom is 0.321 e. The lowest BCUT2D eigenvalue weighted by Crippen LogP contribution is -2.46. The van der Waals surface area contributed by atoms with Gasteiger partial charge in [-0.15, -0.1) is 0 Å². The molecule has 1 aliphatic rings. The molecule has 6 heteroatoms. The highest BCUT2D eigenvalue weighted by Crippen LogP contribution is 2.18.